The third-order valence-electron chi connectivity index (χ3n) is 3.59. The molecule has 7 heteroatoms. The highest BCUT2D eigenvalue weighted by Crippen LogP contribution is 2.44. The zero-order chi connectivity index (χ0) is 18.4. The lowest BCUT2D eigenvalue weighted by atomic mass is 9.96. The molecule has 25 heavy (non-hydrogen) atoms. The maximum atomic E-state index is 12.9. The van der Waals surface area contributed by atoms with Gasteiger partial charge in [-0.2, -0.15) is 13.2 Å². The minimum absolute atomic E-state index is 0.0797. The highest BCUT2D eigenvalue weighted by Gasteiger charge is 2.31. The Kier molecular flexibility index (Phi) is 6.58. The first-order valence-corrected chi connectivity index (χ1v) is 8.37. The van der Waals surface area contributed by atoms with E-state index in [1.165, 1.54) is 20.3 Å². The van der Waals surface area contributed by atoms with Crippen molar-refractivity contribution in [3.63, 3.8) is 0 Å². The van der Waals surface area contributed by atoms with E-state index in [9.17, 15) is 17.6 Å². The van der Waals surface area contributed by atoms with Gasteiger partial charge in [-0.05, 0) is 59.5 Å². The van der Waals surface area contributed by atoms with E-state index >= 15 is 0 Å². The third-order valence-corrected chi connectivity index (χ3v) is 4.38. The summed E-state index contributed by atoms with van der Waals surface area (Å²) in [5.74, 6) is 0.903. The Bertz CT molecular complexity index is 717. The van der Waals surface area contributed by atoms with E-state index in [0.717, 1.165) is 0 Å². The number of alkyl halides is 4. The Morgan fingerprint density at radius 3 is 2.32 bits per heavy atom. The van der Waals surface area contributed by atoms with Crippen molar-refractivity contribution in [2.75, 3.05) is 20.9 Å². The highest BCUT2D eigenvalue weighted by molar-refractivity contribution is 8.00. The van der Waals surface area contributed by atoms with Crippen LogP contribution in [0.2, 0.25) is 0 Å². The molecule has 0 heterocycles. The van der Waals surface area contributed by atoms with Gasteiger partial charge in [0, 0.05) is 4.90 Å². The van der Waals surface area contributed by atoms with Gasteiger partial charge in [0.1, 0.15) is 0 Å². The summed E-state index contributed by atoms with van der Waals surface area (Å²) >= 11 is -0.173. The lowest BCUT2D eigenvalue weighted by Crippen LogP contribution is -2.02. The Morgan fingerprint density at radius 1 is 1.00 bits per heavy atom. The number of hydrogen-bond acceptors (Lipinski definition) is 3. The van der Waals surface area contributed by atoms with Gasteiger partial charge in [-0.15, -0.1) is 0 Å². The minimum Gasteiger partial charge on any atom is -0.493 e. The molecule has 0 aromatic heterocycles. The molecule has 0 aliphatic rings. The van der Waals surface area contributed by atoms with Crippen LogP contribution in [0.3, 0.4) is 0 Å². The molecule has 2 rings (SSSR count). The van der Waals surface area contributed by atoms with Gasteiger partial charge in [0.2, 0.25) is 0 Å². The largest absolute Gasteiger partial charge is 0.493 e. The van der Waals surface area contributed by atoms with Gasteiger partial charge in [0.15, 0.2) is 11.5 Å². The van der Waals surface area contributed by atoms with Crippen molar-refractivity contribution < 1.29 is 27.0 Å². The quantitative estimate of drug-likeness (QED) is 0.445. The lowest BCUT2D eigenvalue weighted by Gasteiger charge is -2.17. The zero-order valence-electron chi connectivity index (χ0n) is 13.8. The molecule has 0 atom stereocenters. The van der Waals surface area contributed by atoms with Crippen LogP contribution in [0, 0.1) is 0 Å². The van der Waals surface area contributed by atoms with Gasteiger partial charge in [-0.1, -0.05) is 18.2 Å². The molecule has 2 nitrogen and oxygen atoms in total. The average molecular weight is 374 g/mol. The number of aryl methyl sites for hydroxylation is 1. The Hall–Kier alpha value is -1.89. The van der Waals surface area contributed by atoms with E-state index in [2.05, 4.69) is 0 Å². The van der Waals surface area contributed by atoms with Crippen molar-refractivity contribution in [1.82, 2.24) is 0 Å². The van der Waals surface area contributed by atoms with Crippen molar-refractivity contribution in [3.8, 4) is 22.6 Å². The van der Waals surface area contributed by atoms with E-state index in [0.29, 0.717) is 34.6 Å². The first-order chi connectivity index (χ1) is 11.9. The van der Waals surface area contributed by atoms with Gasteiger partial charge in [0.25, 0.3) is 0 Å². The van der Waals surface area contributed by atoms with Crippen LogP contribution in [-0.2, 0) is 6.42 Å². The molecule has 136 valence electrons. The first-order valence-electron chi connectivity index (χ1n) is 7.55. The molecular weight excluding hydrogens is 356 g/mol. The molecule has 0 saturated carbocycles. The Labute approximate surface area is 148 Å². The second-order valence-corrected chi connectivity index (χ2v) is 6.31. The second-order valence-electron chi connectivity index (χ2n) is 5.20. The normalized spacial score (nSPS) is 11.4. The van der Waals surface area contributed by atoms with Crippen LogP contribution in [-0.4, -0.2) is 26.4 Å². The predicted octanol–water partition coefficient (Wildman–Crippen LogP) is 5.88. The van der Waals surface area contributed by atoms with E-state index in [1.807, 2.05) is 0 Å². The standard InChI is InChI=1S/C18H18F4O2S/c1-23-14-9-8-13(11-15(14)24-2)17-12(6-4-10-19)5-3-7-16(17)25-18(20,21)22/h3,5,7-9,11H,4,6,10H2,1-2H3. The van der Waals surface area contributed by atoms with Crippen LogP contribution >= 0.6 is 11.8 Å². The number of rotatable bonds is 7. The molecule has 2 aromatic rings. The summed E-state index contributed by atoms with van der Waals surface area (Å²) < 4.78 is 61.8. The van der Waals surface area contributed by atoms with Crippen molar-refractivity contribution in [3.05, 3.63) is 42.0 Å². The number of benzene rings is 2. The first kappa shape index (κ1) is 19.4. The fourth-order valence-corrected chi connectivity index (χ4v) is 3.32. The molecule has 0 saturated heterocycles. The third kappa shape index (κ3) is 5.04. The number of halogens is 4. The van der Waals surface area contributed by atoms with Crippen LogP contribution in [0.15, 0.2) is 41.3 Å². The monoisotopic (exact) mass is 374 g/mol. The van der Waals surface area contributed by atoms with E-state index in [1.54, 1.807) is 30.3 Å². The summed E-state index contributed by atoms with van der Waals surface area (Å²) in [5, 5.41) is 0. The molecule has 2 aromatic carbocycles. The lowest BCUT2D eigenvalue weighted by molar-refractivity contribution is -0.0328. The fraction of sp³-hybridized carbons (Fsp3) is 0.333. The van der Waals surface area contributed by atoms with Crippen LogP contribution < -0.4 is 9.47 Å². The topological polar surface area (TPSA) is 18.5 Å². The number of ether oxygens (including phenoxy) is 2. The molecular formula is C18H18F4O2S. The highest BCUT2D eigenvalue weighted by atomic mass is 32.2. The average Bonchev–Trinajstić information content (AvgIpc) is 2.58. The van der Waals surface area contributed by atoms with Gasteiger partial charge < -0.3 is 9.47 Å². The SMILES string of the molecule is COc1ccc(-c2c(CCCF)cccc2SC(F)(F)F)cc1OC. The van der Waals surface area contributed by atoms with Gasteiger partial charge >= 0.3 is 5.51 Å². The van der Waals surface area contributed by atoms with E-state index in [4.69, 9.17) is 9.47 Å². The van der Waals surface area contributed by atoms with Gasteiger partial charge in [-0.25, -0.2) is 0 Å². The molecule has 0 radical (unpaired) electrons. The summed E-state index contributed by atoms with van der Waals surface area (Å²) in [6, 6.07) is 9.66. The fourth-order valence-electron chi connectivity index (χ4n) is 2.57. The number of methoxy groups -OCH3 is 2. The molecule has 0 amide bonds. The van der Waals surface area contributed by atoms with Crippen molar-refractivity contribution in [1.29, 1.82) is 0 Å². The van der Waals surface area contributed by atoms with Crippen molar-refractivity contribution in [2.24, 2.45) is 0 Å². The summed E-state index contributed by atoms with van der Waals surface area (Å²) in [7, 11) is 2.94. The van der Waals surface area contributed by atoms with Crippen molar-refractivity contribution in [2.45, 2.75) is 23.2 Å². The maximum absolute atomic E-state index is 12.9. The molecule has 0 spiro atoms. The Balaban J connectivity index is 2.59. The molecule has 0 N–H and O–H groups in total. The predicted molar refractivity (Wildman–Crippen MR) is 91.2 cm³/mol. The molecule has 0 aliphatic carbocycles. The summed E-state index contributed by atoms with van der Waals surface area (Å²) in [5.41, 5.74) is -2.73. The van der Waals surface area contributed by atoms with Gasteiger partial charge in [-0.3, -0.25) is 4.39 Å². The summed E-state index contributed by atoms with van der Waals surface area (Å²) in [6.07, 6.45) is 0.604. The van der Waals surface area contributed by atoms with E-state index in [-0.39, 0.29) is 23.1 Å². The summed E-state index contributed by atoms with van der Waals surface area (Å²) in [4.78, 5) is 0.0797. The maximum Gasteiger partial charge on any atom is 0.446 e. The van der Waals surface area contributed by atoms with Crippen LogP contribution in [0.25, 0.3) is 11.1 Å². The van der Waals surface area contributed by atoms with Crippen molar-refractivity contribution >= 4 is 11.8 Å². The van der Waals surface area contributed by atoms with Crippen LogP contribution in [0.1, 0.15) is 12.0 Å². The Morgan fingerprint density at radius 2 is 1.72 bits per heavy atom. The van der Waals surface area contributed by atoms with Crippen LogP contribution in [0.5, 0.6) is 11.5 Å². The molecule has 0 unspecified atom stereocenters. The number of hydrogen-bond donors (Lipinski definition) is 0. The van der Waals surface area contributed by atoms with Gasteiger partial charge in [0.05, 0.1) is 20.9 Å². The van der Waals surface area contributed by atoms with E-state index < -0.39 is 12.2 Å². The molecule has 0 fully saturated rings. The molecule has 0 aliphatic heterocycles. The summed E-state index contributed by atoms with van der Waals surface area (Å²) in [6.45, 7) is -0.526. The van der Waals surface area contributed by atoms with Crippen LogP contribution in [0.4, 0.5) is 17.6 Å². The zero-order valence-corrected chi connectivity index (χ0v) is 14.6. The smallest absolute Gasteiger partial charge is 0.446 e. The second kappa shape index (κ2) is 8.47. The molecule has 0 bridgehead atoms. The number of thioether (sulfide) groups is 1. The minimum atomic E-state index is -4.41.